The predicted molar refractivity (Wildman–Crippen MR) is 86.1 cm³/mol. The van der Waals surface area contributed by atoms with Crippen LogP contribution in [0.25, 0.3) is 0 Å². The number of hydrogen-bond acceptors (Lipinski definition) is 7. The molecular weight excluding hydrogens is 350 g/mol. The van der Waals surface area contributed by atoms with Gasteiger partial charge in [-0.15, -0.1) is 0 Å². The van der Waals surface area contributed by atoms with Crippen LogP contribution in [0.1, 0.15) is 23.0 Å². The summed E-state index contributed by atoms with van der Waals surface area (Å²) in [7, 11) is -2.64. The number of nitrogens with one attached hydrogen (secondary N) is 1. The summed E-state index contributed by atoms with van der Waals surface area (Å²) in [5, 5.41) is 0. The van der Waals surface area contributed by atoms with Crippen LogP contribution in [0.2, 0.25) is 0 Å². The lowest BCUT2D eigenvalue weighted by Gasteiger charge is -2.13. The highest BCUT2D eigenvalue weighted by Gasteiger charge is 2.24. The number of carbonyl (C=O) groups is 2. The topological polar surface area (TPSA) is 112 Å². The molecule has 0 bridgehead atoms. The lowest BCUT2D eigenvalue weighted by atomic mass is 10.2. The second-order valence-corrected chi connectivity index (χ2v) is 6.73. The zero-order chi connectivity index (χ0) is 18.4. The van der Waals surface area contributed by atoms with Gasteiger partial charge >= 0.3 is 11.9 Å². The first kappa shape index (κ1) is 18.7. The van der Waals surface area contributed by atoms with Gasteiger partial charge in [-0.05, 0) is 25.1 Å². The van der Waals surface area contributed by atoms with E-state index < -0.39 is 28.0 Å². The molecule has 0 amide bonds. The zero-order valence-electron chi connectivity index (χ0n) is 13.6. The van der Waals surface area contributed by atoms with Crippen LogP contribution in [-0.2, 0) is 30.9 Å². The minimum absolute atomic E-state index is 0.0358. The van der Waals surface area contributed by atoms with Crippen LogP contribution in [0.4, 0.5) is 0 Å². The van der Waals surface area contributed by atoms with Crippen molar-refractivity contribution < 1.29 is 31.9 Å². The number of benzene rings is 1. The summed E-state index contributed by atoms with van der Waals surface area (Å²) in [6, 6.07) is 7.90. The zero-order valence-corrected chi connectivity index (χ0v) is 14.4. The lowest BCUT2D eigenvalue weighted by molar-refractivity contribution is -0.147. The summed E-state index contributed by atoms with van der Waals surface area (Å²) in [5.41, 5.74) is 0.132. The molecule has 0 unspecified atom stereocenters. The van der Waals surface area contributed by atoms with Crippen molar-refractivity contribution in [3.05, 3.63) is 54.0 Å². The van der Waals surface area contributed by atoms with Gasteiger partial charge in [0.15, 0.2) is 5.76 Å². The summed E-state index contributed by atoms with van der Waals surface area (Å²) >= 11 is 0. The summed E-state index contributed by atoms with van der Waals surface area (Å²) in [5.74, 6) is -1.33. The molecule has 1 atom stereocenters. The molecule has 2 rings (SSSR count). The van der Waals surface area contributed by atoms with Crippen LogP contribution in [0.3, 0.4) is 0 Å². The van der Waals surface area contributed by atoms with E-state index in [-0.39, 0.29) is 22.8 Å². The van der Waals surface area contributed by atoms with Crippen molar-refractivity contribution in [3.63, 3.8) is 0 Å². The molecule has 0 spiro atoms. The normalized spacial score (nSPS) is 12.4. The number of ether oxygens (including phenoxy) is 2. The molecular formula is C16H17NO7S. The van der Waals surface area contributed by atoms with Gasteiger partial charge in [0, 0.05) is 0 Å². The van der Waals surface area contributed by atoms with Gasteiger partial charge in [0.1, 0.15) is 18.2 Å². The molecule has 1 N–H and O–H groups in total. The summed E-state index contributed by atoms with van der Waals surface area (Å²) in [6.45, 7) is 1.03. The molecule has 134 valence electrons. The van der Waals surface area contributed by atoms with E-state index in [1.807, 2.05) is 0 Å². The maximum atomic E-state index is 12.2. The van der Waals surface area contributed by atoms with Crippen molar-refractivity contribution >= 4 is 22.0 Å². The number of rotatable bonds is 7. The number of esters is 2. The highest BCUT2D eigenvalue weighted by Crippen LogP contribution is 2.14. The van der Waals surface area contributed by atoms with Crippen LogP contribution in [0, 0.1) is 0 Å². The third kappa shape index (κ3) is 4.68. The Bertz CT molecular complexity index is 842. The molecule has 0 saturated heterocycles. The summed E-state index contributed by atoms with van der Waals surface area (Å²) in [4.78, 5) is 23.5. The van der Waals surface area contributed by atoms with E-state index in [0.29, 0.717) is 0 Å². The Kier molecular flexibility index (Phi) is 5.94. The Morgan fingerprint density at radius 3 is 2.52 bits per heavy atom. The maximum Gasteiger partial charge on any atom is 0.341 e. The van der Waals surface area contributed by atoms with Gasteiger partial charge in [-0.2, -0.15) is 4.72 Å². The Morgan fingerprint density at radius 1 is 1.20 bits per heavy atom. The van der Waals surface area contributed by atoms with Gasteiger partial charge in [-0.1, -0.05) is 18.2 Å². The SMILES string of the molecule is COC(=O)c1ccoc1COC(=O)[C@H](C)NS(=O)(=O)c1ccccc1. The molecule has 0 radical (unpaired) electrons. The molecule has 0 aliphatic rings. The second-order valence-electron chi connectivity index (χ2n) is 5.01. The smallest absolute Gasteiger partial charge is 0.341 e. The minimum atomic E-state index is -3.85. The Balaban J connectivity index is 1.97. The van der Waals surface area contributed by atoms with E-state index in [4.69, 9.17) is 9.15 Å². The number of hydrogen-bond donors (Lipinski definition) is 1. The van der Waals surface area contributed by atoms with Crippen LogP contribution >= 0.6 is 0 Å². The average molecular weight is 367 g/mol. The van der Waals surface area contributed by atoms with Gasteiger partial charge in [0.05, 0.1) is 18.3 Å². The molecule has 0 aliphatic heterocycles. The number of furan rings is 1. The van der Waals surface area contributed by atoms with E-state index in [2.05, 4.69) is 9.46 Å². The van der Waals surface area contributed by atoms with Gasteiger partial charge in [0.25, 0.3) is 0 Å². The molecule has 1 aromatic heterocycles. The fourth-order valence-corrected chi connectivity index (χ4v) is 3.17. The molecule has 8 nitrogen and oxygen atoms in total. The van der Waals surface area contributed by atoms with E-state index in [0.717, 1.165) is 0 Å². The van der Waals surface area contributed by atoms with Gasteiger partial charge < -0.3 is 13.9 Å². The number of sulfonamides is 1. The van der Waals surface area contributed by atoms with Crippen molar-refractivity contribution in [1.82, 2.24) is 4.72 Å². The third-order valence-electron chi connectivity index (χ3n) is 3.24. The van der Waals surface area contributed by atoms with Crippen molar-refractivity contribution in [2.75, 3.05) is 7.11 Å². The number of methoxy groups -OCH3 is 1. The Labute approximate surface area is 144 Å². The lowest BCUT2D eigenvalue weighted by Crippen LogP contribution is -2.39. The maximum absolute atomic E-state index is 12.2. The van der Waals surface area contributed by atoms with Crippen molar-refractivity contribution in [2.45, 2.75) is 24.5 Å². The van der Waals surface area contributed by atoms with Crippen LogP contribution in [0.15, 0.2) is 52.0 Å². The van der Waals surface area contributed by atoms with Crippen LogP contribution < -0.4 is 4.72 Å². The highest BCUT2D eigenvalue weighted by atomic mass is 32.2. The molecule has 1 aromatic carbocycles. The van der Waals surface area contributed by atoms with E-state index in [9.17, 15) is 18.0 Å². The van der Waals surface area contributed by atoms with E-state index in [1.54, 1.807) is 18.2 Å². The minimum Gasteiger partial charge on any atom is -0.465 e. The monoisotopic (exact) mass is 367 g/mol. The van der Waals surface area contributed by atoms with Gasteiger partial charge in [-0.25, -0.2) is 13.2 Å². The quantitative estimate of drug-likeness (QED) is 0.738. The van der Waals surface area contributed by atoms with Crippen LogP contribution in [0.5, 0.6) is 0 Å². The predicted octanol–water partition coefficient (Wildman–Crippen LogP) is 1.48. The molecule has 2 aromatic rings. The highest BCUT2D eigenvalue weighted by molar-refractivity contribution is 7.89. The molecule has 25 heavy (non-hydrogen) atoms. The van der Waals surface area contributed by atoms with E-state index >= 15 is 0 Å². The van der Waals surface area contributed by atoms with Crippen LogP contribution in [-0.4, -0.2) is 33.5 Å². The second kappa shape index (κ2) is 7.95. The van der Waals surface area contributed by atoms with E-state index in [1.165, 1.54) is 38.5 Å². The fourth-order valence-electron chi connectivity index (χ4n) is 1.95. The molecule has 0 fully saturated rings. The third-order valence-corrected chi connectivity index (χ3v) is 4.79. The molecule has 0 aliphatic carbocycles. The first-order valence-corrected chi connectivity index (χ1v) is 8.72. The van der Waals surface area contributed by atoms with Gasteiger partial charge in [0.2, 0.25) is 10.0 Å². The summed E-state index contributed by atoms with van der Waals surface area (Å²) in [6.07, 6.45) is 1.26. The fraction of sp³-hybridized carbons (Fsp3) is 0.250. The number of carbonyl (C=O) groups excluding carboxylic acids is 2. The first-order valence-electron chi connectivity index (χ1n) is 7.24. The largest absolute Gasteiger partial charge is 0.465 e. The first-order chi connectivity index (χ1) is 11.8. The Hall–Kier alpha value is -2.65. The average Bonchev–Trinajstić information content (AvgIpc) is 3.07. The van der Waals surface area contributed by atoms with Crippen molar-refractivity contribution in [3.8, 4) is 0 Å². The standard InChI is InChI=1S/C16H17NO7S/c1-11(17-25(20,21)12-6-4-3-5-7-12)15(18)24-10-14-13(8-9-23-14)16(19)22-2/h3-9,11,17H,10H2,1-2H3/t11-/m0/s1. The van der Waals surface area contributed by atoms with Crippen molar-refractivity contribution in [2.24, 2.45) is 0 Å². The molecule has 9 heteroatoms. The Morgan fingerprint density at radius 2 is 1.88 bits per heavy atom. The summed E-state index contributed by atoms with van der Waals surface area (Å²) < 4.78 is 41.2. The van der Waals surface area contributed by atoms with Crippen molar-refractivity contribution in [1.29, 1.82) is 0 Å². The molecule has 1 heterocycles. The molecule has 0 saturated carbocycles. The van der Waals surface area contributed by atoms with Gasteiger partial charge in [-0.3, -0.25) is 4.79 Å².